The second-order valence-electron chi connectivity index (χ2n) is 6.74. The lowest BCUT2D eigenvalue weighted by atomic mass is 10.0. The van der Waals surface area contributed by atoms with E-state index in [0.29, 0.717) is 22.5 Å². The smallest absolute Gasteiger partial charge is 0.269 e. The lowest BCUT2D eigenvalue weighted by Crippen LogP contribution is -2.11. The maximum Gasteiger partial charge on any atom is 0.269 e. The first-order valence-corrected chi connectivity index (χ1v) is 9.61. The number of non-ortho nitro benzene ring substituents is 1. The second kappa shape index (κ2) is 7.01. The van der Waals surface area contributed by atoms with Crippen LogP contribution in [0.1, 0.15) is 22.5 Å². The Morgan fingerprint density at radius 1 is 1.11 bits per heavy atom. The fraction of sp³-hybridized carbons (Fsp3) is 0.143. The summed E-state index contributed by atoms with van der Waals surface area (Å²) >= 11 is 1.44. The molecule has 0 fully saturated rings. The minimum Gasteiger partial charge on any atom is -0.310 e. The maximum atomic E-state index is 12.8. The van der Waals surface area contributed by atoms with Gasteiger partial charge in [-0.15, -0.1) is 11.3 Å². The number of nitro groups is 1. The molecule has 0 bridgehead atoms. The van der Waals surface area contributed by atoms with E-state index in [-0.39, 0.29) is 11.2 Å². The van der Waals surface area contributed by atoms with Crippen molar-refractivity contribution >= 4 is 27.2 Å². The quantitative estimate of drug-likeness (QED) is 0.401. The van der Waals surface area contributed by atoms with Crippen LogP contribution < -0.4 is 5.56 Å². The predicted octanol–water partition coefficient (Wildman–Crippen LogP) is 4.77. The number of rotatable bonds is 4. The lowest BCUT2D eigenvalue weighted by molar-refractivity contribution is -0.384. The summed E-state index contributed by atoms with van der Waals surface area (Å²) in [4.78, 5) is 31.3. The molecule has 0 amide bonds. The van der Waals surface area contributed by atoms with Crippen molar-refractivity contribution in [1.29, 1.82) is 0 Å². The topological polar surface area (TPSA) is 88.9 Å². The van der Waals surface area contributed by atoms with Crippen molar-refractivity contribution in [1.82, 2.24) is 9.97 Å². The average molecular weight is 391 g/mol. The van der Waals surface area contributed by atoms with E-state index in [4.69, 9.17) is 0 Å². The predicted molar refractivity (Wildman–Crippen MR) is 111 cm³/mol. The molecule has 0 aliphatic carbocycles. The Labute approximate surface area is 164 Å². The summed E-state index contributed by atoms with van der Waals surface area (Å²) in [5.41, 5.74) is 4.99. The monoisotopic (exact) mass is 391 g/mol. The zero-order valence-electron chi connectivity index (χ0n) is 15.4. The Kier molecular flexibility index (Phi) is 4.52. The Hall–Kier alpha value is -3.32. The molecule has 0 unspecified atom stereocenters. The largest absolute Gasteiger partial charge is 0.310 e. The molecular weight excluding hydrogens is 374 g/mol. The van der Waals surface area contributed by atoms with E-state index in [9.17, 15) is 14.9 Å². The Balaban J connectivity index is 1.71. The number of nitro benzene ring substituents is 1. The van der Waals surface area contributed by atoms with Crippen LogP contribution in [0.4, 0.5) is 5.69 Å². The minimum atomic E-state index is -0.435. The highest BCUT2D eigenvalue weighted by Gasteiger charge is 2.14. The highest BCUT2D eigenvalue weighted by Crippen LogP contribution is 2.31. The number of thiophene rings is 1. The van der Waals surface area contributed by atoms with Gasteiger partial charge in [0.1, 0.15) is 10.7 Å². The Bertz CT molecular complexity index is 1260. The van der Waals surface area contributed by atoms with Crippen LogP contribution in [0, 0.1) is 24.0 Å². The number of nitrogens with one attached hydrogen (secondary N) is 1. The molecule has 0 radical (unpaired) electrons. The van der Waals surface area contributed by atoms with Gasteiger partial charge in [-0.3, -0.25) is 14.9 Å². The third-order valence-electron chi connectivity index (χ3n) is 4.83. The van der Waals surface area contributed by atoms with Crippen LogP contribution in [0.15, 0.2) is 52.6 Å². The van der Waals surface area contributed by atoms with Crippen LogP contribution >= 0.6 is 11.3 Å². The van der Waals surface area contributed by atoms with E-state index in [1.807, 2.05) is 11.4 Å². The van der Waals surface area contributed by atoms with Gasteiger partial charge in [0.05, 0.1) is 10.3 Å². The van der Waals surface area contributed by atoms with Crippen molar-refractivity contribution in [2.75, 3.05) is 0 Å². The van der Waals surface area contributed by atoms with Crippen LogP contribution in [0.3, 0.4) is 0 Å². The van der Waals surface area contributed by atoms with Gasteiger partial charge in [-0.2, -0.15) is 0 Å². The molecule has 0 aliphatic rings. The number of H-pyrrole nitrogens is 1. The molecule has 2 aromatic carbocycles. The Morgan fingerprint density at radius 3 is 2.54 bits per heavy atom. The number of aromatic amines is 1. The van der Waals surface area contributed by atoms with Crippen molar-refractivity contribution in [3.63, 3.8) is 0 Å². The molecule has 140 valence electrons. The lowest BCUT2D eigenvalue weighted by Gasteiger charge is -2.05. The summed E-state index contributed by atoms with van der Waals surface area (Å²) in [5, 5.41) is 13.3. The van der Waals surface area contributed by atoms with Crippen molar-refractivity contribution in [2.24, 2.45) is 0 Å². The highest BCUT2D eigenvalue weighted by atomic mass is 32.1. The fourth-order valence-corrected chi connectivity index (χ4v) is 4.09. The summed E-state index contributed by atoms with van der Waals surface area (Å²) in [6, 6.07) is 12.4. The van der Waals surface area contributed by atoms with Gasteiger partial charge < -0.3 is 4.98 Å². The van der Waals surface area contributed by atoms with Crippen LogP contribution in [-0.2, 0) is 6.42 Å². The van der Waals surface area contributed by atoms with E-state index in [2.05, 4.69) is 35.9 Å². The first-order valence-electron chi connectivity index (χ1n) is 8.74. The fourth-order valence-electron chi connectivity index (χ4n) is 3.13. The van der Waals surface area contributed by atoms with E-state index in [1.54, 1.807) is 12.1 Å². The highest BCUT2D eigenvalue weighted by molar-refractivity contribution is 7.17. The molecule has 2 heterocycles. The van der Waals surface area contributed by atoms with E-state index in [0.717, 1.165) is 16.7 Å². The normalized spacial score (nSPS) is 11.1. The molecule has 0 saturated heterocycles. The van der Waals surface area contributed by atoms with E-state index < -0.39 is 4.92 Å². The van der Waals surface area contributed by atoms with Crippen LogP contribution in [-0.4, -0.2) is 14.9 Å². The average Bonchev–Trinajstić information content (AvgIpc) is 3.09. The first kappa shape index (κ1) is 18.1. The number of hydrogen-bond acceptors (Lipinski definition) is 5. The van der Waals surface area contributed by atoms with Gasteiger partial charge in [0.25, 0.3) is 11.2 Å². The van der Waals surface area contributed by atoms with Gasteiger partial charge in [-0.05, 0) is 36.1 Å². The molecular formula is C21H17N3O3S. The summed E-state index contributed by atoms with van der Waals surface area (Å²) in [7, 11) is 0. The standard InChI is InChI=1S/C21H17N3O3S/c1-12-3-6-15(9-13(12)2)17-11-28-21-19(17)20(25)22-18(23-21)10-14-4-7-16(8-5-14)24(26)27/h3-9,11H,10H2,1-2H3,(H,22,23,25). The third kappa shape index (κ3) is 3.32. The molecule has 0 saturated carbocycles. The molecule has 7 heteroatoms. The van der Waals surface area contributed by atoms with Crippen LogP contribution in [0.5, 0.6) is 0 Å². The maximum absolute atomic E-state index is 12.8. The number of nitrogens with zero attached hydrogens (tertiary/aromatic N) is 2. The summed E-state index contributed by atoms with van der Waals surface area (Å²) in [6.45, 7) is 4.11. The van der Waals surface area contributed by atoms with Crippen LogP contribution in [0.25, 0.3) is 21.3 Å². The molecule has 4 rings (SSSR count). The minimum absolute atomic E-state index is 0.0388. The third-order valence-corrected chi connectivity index (χ3v) is 5.70. The van der Waals surface area contributed by atoms with Gasteiger partial charge in [0, 0.05) is 29.5 Å². The first-order chi connectivity index (χ1) is 13.4. The Morgan fingerprint density at radius 2 is 1.86 bits per heavy atom. The number of hydrogen-bond donors (Lipinski definition) is 1. The van der Waals surface area contributed by atoms with Gasteiger partial charge in [-0.25, -0.2) is 4.98 Å². The summed E-state index contributed by atoms with van der Waals surface area (Å²) < 4.78 is 0. The second-order valence-corrected chi connectivity index (χ2v) is 7.60. The van der Waals surface area contributed by atoms with Gasteiger partial charge in [0.2, 0.25) is 0 Å². The summed E-state index contributed by atoms with van der Waals surface area (Å²) in [6.07, 6.45) is 0.403. The van der Waals surface area contributed by atoms with Gasteiger partial charge in [-0.1, -0.05) is 30.3 Å². The molecule has 2 aromatic heterocycles. The van der Waals surface area contributed by atoms with Gasteiger partial charge in [0.15, 0.2) is 0 Å². The SMILES string of the molecule is Cc1ccc(-c2csc3nc(Cc4ccc([N+](=O)[O-])cc4)[nH]c(=O)c23)cc1C. The van der Waals surface area contributed by atoms with Crippen molar-refractivity contribution in [2.45, 2.75) is 20.3 Å². The number of aryl methyl sites for hydroxylation is 2. The number of aromatic nitrogens is 2. The van der Waals surface area contributed by atoms with Gasteiger partial charge >= 0.3 is 0 Å². The molecule has 0 spiro atoms. The molecule has 6 nitrogen and oxygen atoms in total. The molecule has 28 heavy (non-hydrogen) atoms. The van der Waals surface area contributed by atoms with Crippen molar-refractivity contribution in [3.05, 3.63) is 90.8 Å². The molecule has 1 N–H and O–H groups in total. The van der Waals surface area contributed by atoms with E-state index >= 15 is 0 Å². The number of benzene rings is 2. The van der Waals surface area contributed by atoms with E-state index in [1.165, 1.54) is 34.6 Å². The molecule has 4 aromatic rings. The zero-order chi connectivity index (χ0) is 19.8. The van der Waals surface area contributed by atoms with Crippen molar-refractivity contribution < 1.29 is 4.92 Å². The van der Waals surface area contributed by atoms with Crippen LogP contribution in [0.2, 0.25) is 0 Å². The van der Waals surface area contributed by atoms with Crippen molar-refractivity contribution in [3.8, 4) is 11.1 Å². The zero-order valence-corrected chi connectivity index (χ0v) is 16.2. The molecule has 0 aliphatic heterocycles. The summed E-state index contributed by atoms with van der Waals surface area (Å²) in [5.74, 6) is 0.542. The molecule has 0 atom stereocenters. The number of fused-ring (bicyclic) bond motifs is 1.